The van der Waals surface area contributed by atoms with E-state index in [0.29, 0.717) is 5.88 Å². The number of rotatable bonds is 4. The molecule has 0 amide bonds. The van der Waals surface area contributed by atoms with Gasteiger partial charge in [-0.05, 0) is 22.0 Å². The molecule has 6 nitrogen and oxygen atoms in total. The Balaban J connectivity index is 2.27. The van der Waals surface area contributed by atoms with Gasteiger partial charge in [0.15, 0.2) is 5.75 Å². The van der Waals surface area contributed by atoms with E-state index in [0.717, 1.165) is 5.56 Å². The molecule has 1 heterocycles. The number of nitro groups is 1. The average molecular weight is 345 g/mol. The molecule has 98 valence electrons. The van der Waals surface area contributed by atoms with Crippen LogP contribution in [0.5, 0.6) is 11.8 Å². The molecule has 0 atom stereocenters. The fraction of sp³-hybridized carbons (Fsp3) is 0.0909. The van der Waals surface area contributed by atoms with Crippen LogP contribution in [0.25, 0.3) is 0 Å². The van der Waals surface area contributed by atoms with Gasteiger partial charge in [-0.3, -0.25) is 10.1 Å². The topological polar surface area (TPSA) is 78.2 Å². The van der Waals surface area contributed by atoms with Crippen molar-refractivity contribution in [2.75, 3.05) is 0 Å². The Morgan fingerprint density at radius 3 is 2.63 bits per heavy atom. The minimum absolute atomic E-state index is 0.0881. The maximum absolute atomic E-state index is 10.8. The van der Waals surface area contributed by atoms with Crippen LogP contribution in [0.15, 0.2) is 35.1 Å². The van der Waals surface area contributed by atoms with Gasteiger partial charge in [-0.25, -0.2) is 9.97 Å². The highest BCUT2D eigenvalue weighted by Crippen LogP contribution is 2.35. The molecule has 0 saturated heterocycles. The summed E-state index contributed by atoms with van der Waals surface area (Å²) < 4.78 is 5.62. The van der Waals surface area contributed by atoms with E-state index >= 15 is 0 Å². The SMILES string of the molecule is O=[N+]([O-])c1cccc(Oc2ncc(CCl)cn2)c1Br. The van der Waals surface area contributed by atoms with Crippen LogP contribution in [0.3, 0.4) is 0 Å². The lowest BCUT2D eigenvalue weighted by atomic mass is 10.3. The highest BCUT2D eigenvalue weighted by molar-refractivity contribution is 9.10. The van der Waals surface area contributed by atoms with E-state index in [4.69, 9.17) is 16.3 Å². The van der Waals surface area contributed by atoms with E-state index in [-0.39, 0.29) is 21.9 Å². The smallest absolute Gasteiger partial charge is 0.321 e. The molecule has 0 fully saturated rings. The van der Waals surface area contributed by atoms with E-state index in [1.807, 2.05) is 0 Å². The van der Waals surface area contributed by atoms with Crippen LogP contribution in [0.2, 0.25) is 0 Å². The van der Waals surface area contributed by atoms with Gasteiger partial charge in [-0.1, -0.05) is 6.07 Å². The van der Waals surface area contributed by atoms with Gasteiger partial charge in [-0.2, -0.15) is 0 Å². The van der Waals surface area contributed by atoms with Gasteiger partial charge in [0, 0.05) is 24.0 Å². The predicted molar refractivity (Wildman–Crippen MR) is 72.5 cm³/mol. The van der Waals surface area contributed by atoms with Crippen LogP contribution in [0, 0.1) is 10.1 Å². The molecule has 0 aliphatic carbocycles. The molecule has 2 rings (SSSR count). The van der Waals surface area contributed by atoms with Gasteiger partial charge in [0.25, 0.3) is 5.69 Å². The van der Waals surface area contributed by atoms with Crippen LogP contribution in [0.1, 0.15) is 5.56 Å². The number of halogens is 2. The maximum atomic E-state index is 10.8. The van der Waals surface area contributed by atoms with Crippen molar-refractivity contribution in [1.29, 1.82) is 0 Å². The third-order valence-corrected chi connectivity index (χ3v) is 3.28. The normalized spacial score (nSPS) is 10.2. The van der Waals surface area contributed by atoms with Crippen molar-refractivity contribution in [3.63, 3.8) is 0 Å². The second-order valence-electron chi connectivity index (χ2n) is 3.46. The summed E-state index contributed by atoms with van der Waals surface area (Å²) in [5.74, 6) is 0.577. The molecule has 2 aromatic rings. The molecule has 0 bridgehead atoms. The number of nitro benzene ring substituents is 1. The summed E-state index contributed by atoms with van der Waals surface area (Å²) in [5.41, 5.74) is 0.669. The third-order valence-electron chi connectivity index (χ3n) is 2.18. The van der Waals surface area contributed by atoms with Crippen molar-refractivity contribution in [2.45, 2.75) is 5.88 Å². The van der Waals surface area contributed by atoms with Crippen molar-refractivity contribution in [1.82, 2.24) is 9.97 Å². The van der Waals surface area contributed by atoms with Crippen LogP contribution in [-0.2, 0) is 5.88 Å². The zero-order chi connectivity index (χ0) is 13.8. The number of nitrogens with zero attached hydrogens (tertiary/aromatic N) is 3. The van der Waals surface area contributed by atoms with Gasteiger partial charge < -0.3 is 4.74 Å². The maximum Gasteiger partial charge on any atom is 0.321 e. The third kappa shape index (κ3) is 3.18. The summed E-state index contributed by atoms with van der Waals surface area (Å²) in [5, 5.41) is 10.8. The Bertz CT molecular complexity index is 607. The number of ether oxygens (including phenoxy) is 1. The second-order valence-corrected chi connectivity index (χ2v) is 4.52. The van der Waals surface area contributed by atoms with E-state index in [9.17, 15) is 10.1 Å². The molecular formula is C11H7BrClN3O3. The number of aromatic nitrogens is 2. The highest BCUT2D eigenvalue weighted by Gasteiger charge is 2.16. The molecule has 1 aromatic heterocycles. The van der Waals surface area contributed by atoms with Crippen LogP contribution >= 0.6 is 27.5 Å². The number of hydrogen-bond acceptors (Lipinski definition) is 5. The lowest BCUT2D eigenvalue weighted by Crippen LogP contribution is -1.95. The number of benzene rings is 1. The first-order valence-electron chi connectivity index (χ1n) is 5.09. The van der Waals surface area contributed by atoms with Gasteiger partial charge in [0.05, 0.1) is 10.8 Å². The molecule has 0 saturated carbocycles. The Labute approximate surface area is 121 Å². The van der Waals surface area contributed by atoms with Crippen molar-refractivity contribution >= 4 is 33.2 Å². The predicted octanol–water partition coefficient (Wildman–Crippen LogP) is 3.68. The summed E-state index contributed by atoms with van der Waals surface area (Å²) in [6.07, 6.45) is 3.06. The first-order chi connectivity index (χ1) is 9.11. The second kappa shape index (κ2) is 5.94. The first-order valence-corrected chi connectivity index (χ1v) is 6.42. The average Bonchev–Trinajstić information content (AvgIpc) is 2.41. The monoisotopic (exact) mass is 343 g/mol. The molecule has 8 heteroatoms. The van der Waals surface area contributed by atoms with Gasteiger partial charge in [-0.15, -0.1) is 11.6 Å². The van der Waals surface area contributed by atoms with Crippen molar-refractivity contribution < 1.29 is 9.66 Å². The zero-order valence-electron chi connectivity index (χ0n) is 9.42. The van der Waals surface area contributed by atoms with Gasteiger partial charge >= 0.3 is 6.01 Å². The minimum Gasteiger partial charge on any atom is -0.423 e. The largest absolute Gasteiger partial charge is 0.423 e. The van der Waals surface area contributed by atoms with E-state index in [2.05, 4.69) is 25.9 Å². The number of alkyl halides is 1. The highest BCUT2D eigenvalue weighted by atomic mass is 79.9. The zero-order valence-corrected chi connectivity index (χ0v) is 11.8. The summed E-state index contributed by atoms with van der Waals surface area (Å²) in [6, 6.07) is 4.56. The quantitative estimate of drug-likeness (QED) is 0.480. The molecule has 0 aliphatic heterocycles. The lowest BCUT2D eigenvalue weighted by molar-refractivity contribution is -0.385. The van der Waals surface area contributed by atoms with Gasteiger partial charge in [0.1, 0.15) is 4.47 Å². The molecular weight excluding hydrogens is 337 g/mol. The van der Waals surface area contributed by atoms with Crippen molar-refractivity contribution in [3.8, 4) is 11.8 Å². The molecule has 0 unspecified atom stereocenters. The lowest BCUT2D eigenvalue weighted by Gasteiger charge is -2.06. The summed E-state index contributed by atoms with van der Waals surface area (Å²) in [6.45, 7) is 0. The minimum atomic E-state index is -0.506. The Morgan fingerprint density at radius 2 is 2.05 bits per heavy atom. The van der Waals surface area contributed by atoms with Crippen LogP contribution in [-0.4, -0.2) is 14.9 Å². The molecule has 0 radical (unpaired) electrons. The van der Waals surface area contributed by atoms with Crippen molar-refractivity contribution in [2.24, 2.45) is 0 Å². The molecule has 0 spiro atoms. The summed E-state index contributed by atoms with van der Waals surface area (Å²) >= 11 is 8.74. The standard InChI is InChI=1S/C11H7BrClN3O3/c12-10-8(16(17)18)2-1-3-9(10)19-11-14-5-7(4-13)6-15-11/h1-3,5-6H,4H2. The van der Waals surface area contributed by atoms with E-state index in [1.165, 1.54) is 24.5 Å². The number of hydrogen-bond donors (Lipinski definition) is 0. The molecule has 0 aliphatic rings. The molecule has 1 aromatic carbocycles. The van der Waals surface area contributed by atoms with E-state index in [1.54, 1.807) is 6.07 Å². The van der Waals surface area contributed by atoms with Crippen molar-refractivity contribution in [3.05, 3.63) is 50.7 Å². The Hall–Kier alpha value is -1.73. The Kier molecular flexibility index (Phi) is 4.28. The molecule has 19 heavy (non-hydrogen) atoms. The summed E-state index contributed by atoms with van der Waals surface area (Å²) in [4.78, 5) is 18.2. The fourth-order valence-electron chi connectivity index (χ4n) is 1.28. The van der Waals surface area contributed by atoms with Gasteiger partial charge in [0.2, 0.25) is 0 Å². The summed E-state index contributed by atoms with van der Waals surface area (Å²) in [7, 11) is 0. The van der Waals surface area contributed by atoms with Crippen LogP contribution in [0.4, 0.5) is 5.69 Å². The first kappa shape index (κ1) is 13.7. The van der Waals surface area contributed by atoms with E-state index < -0.39 is 4.92 Å². The van der Waals surface area contributed by atoms with Crippen LogP contribution < -0.4 is 4.74 Å². The molecule has 0 N–H and O–H groups in total. The Morgan fingerprint density at radius 1 is 1.37 bits per heavy atom. The fourth-order valence-corrected chi connectivity index (χ4v) is 1.91.